The van der Waals surface area contributed by atoms with Crippen molar-refractivity contribution < 1.29 is 4.42 Å². The minimum absolute atomic E-state index is 0.563. The molecule has 130 valence electrons. The first-order valence-electron chi connectivity index (χ1n) is 8.39. The summed E-state index contributed by atoms with van der Waals surface area (Å²) in [6, 6.07) is 14.1. The quantitative estimate of drug-likeness (QED) is 0.502. The number of nitrogens with zero attached hydrogens (tertiary/aromatic N) is 2. The van der Waals surface area contributed by atoms with E-state index in [0.29, 0.717) is 6.54 Å². The average molecular weight is 354 g/mol. The molecule has 5 nitrogen and oxygen atoms in total. The Morgan fingerprint density at radius 2 is 2.04 bits per heavy atom. The Labute approximate surface area is 151 Å². The Kier molecular flexibility index (Phi) is 6.23. The summed E-state index contributed by atoms with van der Waals surface area (Å²) in [4.78, 5) is 9.30. The number of furan rings is 1. The summed E-state index contributed by atoms with van der Waals surface area (Å²) < 4.78 is 5.34. The zero-order chi connectivity index (χ0) is 17.3. The number of nitrogens with one attached hydrogen (secondary N) is 2. The Balaban J connectivity index is 1.56. The number of benzene rings is 1. The molecule has 0 fully saturated rings. The molecule has 0 radical (unpaired) electrons. The molecule has 6 heteroatoms. The second-order valence-corrected chi connectivity index (χ2v) is 6.39. The van der Waals surface area contributed by atoms with Crippen LogP contribution < -0.4 is 10.6 Å². The Morgan fingerprint density at radius 3 is 2.80 bits per heavy atom. The van der Waals surface area contributed by atoms with Crippen molar-refractivity contribution in [2.24, 2.45) is 4.99 Å². The molecule has 0 saturated carbocycles. The van der Waals surface area contributed by atoms with Crippen LogP contribution in [0, 0.1) is 0 Å². The summed E-state index contributed by atoms with van der Waals surface area (Å²) in [5.74, 6) is 1.77. The van der Waals surface area contributed by atoms with Gasteiger partial charge in [-0.25, -0.2) is 9.98 Å². The van der Waals surface area contributed by atoms with Crippen LogP contribution in [0.1, 0.15) is 17.7 Å². The van der Waals surface area contributed by atoms with Crippen LogP contribution in [-0.4, -0.2) is 24.0 Å². The smallest absolute Gasteiger partial charge is 0.191 e. The third-order valence-electron chi connectivity index (χ3n) is 3.58. The van der Waals surface area contributed by atoms with Gasteiger partial charge in [0.05, 0.1) is 18.5 Å². The maximum Gasteiger partial charge on any atom is 0.191 e. The van der Waals surface area contributed by atoms with Crippen molar-refractivity contribution in [1.82, 2.24) is 15.6 Å². The van der Waals surface area contributed by atoms with Gasteiger partial charge in [-0.1, -0.05) is 30.3 Å². The highest BCUT2D eigenvalue weighted by atomic mass is 32.1. The molecule has 0 unspecified atom stereocenters. The van der Waals surface area contributed by atoms with Gasteiger partial charge in [0, 0.05) is 30.5 Å². The third-order valence-corrected chi connectivity index (χ3v) is 4.42. The lowest BCUT2D eigenvalue weighted by Crippen LogP contribution is -2.38. The van der Waals surface area contributed by atoms with Gasteiger partial charge in [-0.05, 0) is 19.1 Å². The summed E-state index contributed by atoms with van der Waals surface area (Å²) in [7, 11) is 0. The number of hydrogen-bond acceptors (Lipinski definition) is 4. The van der Waals surface area contributed by atoms with Gasteiger partial charge >= 0.3 is 0 Å². The number of rotatable bonds is 7. The Bertz CT molecular complexity index is 781. The first kappa shape index (κ1) is 17.2. The van der Waals surface area contributed by atoms with Gasteiger partial charge in [-0.2, -0.15) is 0 Å². The number of aromatic nitrogens is 1. The van der Waals surface area contributed by atoms with E-state index in [1.165, 1.54) is 0 Å². The molecule has 0 bridgehead atoms. The molecule has 2 N–H and O–H groups in total. The predicted octanol–water partition coefficient (Wildman–Crippen LogP) is 3.70. The molecule has 0 atom stereocenters. The van der Waals surface area contributed by atoms with Gasteiger partial charge in [0.2, 0.25) is 0 Å². The van der Waals surface area contributed by atoms with Crippen LogP contribution in [0.5, 0.6) is 0 Å². The molecule has 3 aromatic rings. The molecule has 0 aliphatic rings. The lowest BCUT2D eigenvalue weighted by Gasteiger charge is -2.10. The minimum Gasteiger partial charge on any atom is -0.469 e. The number of aliphatic imine (C=N–C) groups is 1. The van der Waals surface area contributed by atoms with Gasteiger partial charge in [-0.3, -0.25) is 0 Å². The van der Waals surface area contributed by atoms with Crippen LogP contribution in [0.25, 0.3) is 11.3 Å². The average Bonchev–Trinajstić information content (AvgIpc) is 3.32. The van der Waals surface area contributed by atoms with Crippen LogP contribution >= 0.6 is 11.3 Å². The van der Waals surface area contributed by atoms with Crippen LogP contribution in [0.4, 0.5) is 0 Å². The fourth-order valence-electron chi connectivity index (χ4n) is 2.37. The second kappa shape index (κ2) is 9.03. The van der Waals surface area contributed by atoms with E-state index in [1.807, 2.05) is 30.3 Å². The third kappa shape index (κ3) is 5.19. The summed E-state index contributed by atoms with van der Waals surface area (Å²) in [5, 5.41) is 9.66. The van der Waals surface area contributed by atoms with Crippen molar-refractivity contribution in [2.75, 3.05) is 13.1 Å². The summed E-state index contributed by atoms with van der Waals surface area (Å²) >= 11 is 1.64. The monoisotopic (exact) mass is 354 g/mol. The molecule has 3 rings (SSSR count). The number of thiazole rings is 1. The molecular formula is C19H22N4OS. The molecule has 0 amide bonds. The van der Waals surface area contributed by atoms with E-state index in [9.17, 15) is 0 Å². The maximum atomic E-state index is 5.34. The van der Waals surface area contributed by atoms with Gasteiger partial charge < -0.3 is 15.1 Å². The lowest BCUT2D eigenvalue weighted by molar-refractivity contribution is 0.507. The highest BCUT2D eigenvalue weighted by Crippen LogP contribution is 2.21. The summed E-state index contributed by atoms with van der Waals surface area (Å²) in [6.45, 7) is 4.21. The molecule has 2 heterocycles. The summed E-state index contributed by atoms with van der Waals surface area (Å²) in [6.07, 6.45) is 2.52. The van der Waals surface area contributed by atoms with Crippen molar-refractivity contribution in [1.29, 1.82) is 0 Å². The molecule has 0 saturated heterocycles. The zero-order valence-electron chi connectivity index (χ0n) is 14.2. The van der Waals surface area contributed by atoms with Crippen molar-refractivity contribution >= 4 is 17.3 Å². The number of guanidine groups is 1. The normalized spacial score (nSPS) is 11.5. The van der Waals surface area contributed by atoms with Crippen molar-refractivity contribution in [3.8, 4) is 11.3 Å². The minimum atomic E-state index is 0.563. The summed E-state index contributed by atoms with van der Waals surface area (Å²) in [5.41, 5.74) is 2.14. The molecule has 0 aliphatic heterocycles. The van der Waals surface area contributed by atoms with Crippen LogP contribution in [0.2, 0.25) is 0 Å². The Hall–Kier alpha value is -2.60. The van der Waals surface area contributed by atoms with E-state index < -0.39 is 0 Å². The lowest BCUT2D eigenvalue weighted by atomic mass is 10.2. The molecule has 0 aliphatic carbocycles. The molecule has 2 aromatic heterocycles. The van der Waals surface area contributed by atoms with Crippen LogP contribution in [-0.2, 0) is 13.0 Å². The van der Waals surface area contributed by atoms with Gasteiger partial charge in [0.25, 0.3) is 0 Å². The maximum absolute atomic E-state index is 5.34. The molecule has 1 aromatic carbocycles. The van der Waals surface area contributed by atoms with Crippen molar-refractivity contribution in [3.63, 3.8) is 0 Å². The van der Waals surface area contributed by atoms with Crippen molar-refractivity contribution in [3.05, 3.63) is 64.9 Å². The van der Waals surface area contributed by atoms with E-state index in [4.69, 9.17) is 4.42 Å². The number of hydrogen-bond donors (Lipinski definition) is 2. The van der Waals surface area contributed by atoms with Crippen LogP contribution in [0.3, 0.4) is 0 Å². The zero-order valence-corrected chi connectivity index (χ0v) is 15.1. The van der Waals surface area contributed by atoms with Crippen LogP contribution in [0.15, 0.2) is 63.5 Å². The van der Waals surface area contributed by atoms with E-state index >= 15 is 0 Å². The second-order valence-electron chi connectivity index (χ2n) is 5.44. The van der Waals surface area contributed by atoms with Crippen molar-refractivity contribution in [2.45, 2.75) is 19.9 Å². The molecule has 25 heavy (non-hydrogen) atoms. The van der Waals surface area contributed by atoms with Gasteiger partial charge in [0.1, 0.15) is 10.8 Å². The van der Waals surface area contributed by atoms with Gasteiger partial charge in [-0.15, -0.1) is 11.3 Å². The highest BCUT2D eigenvalue weighted by molar-refractivity contribution is 7.09. The van der Waals surface area contributed by atoms with E-state index in [-0.39, 0.29) is 0 Å². The fourth-order valence-corrected chi connectivity index (χ4v) is 3.10. The predicted molar refractivity (Wildman–Crippen MR) is 103 cm³/mol. The van der Waals surface area contributed by atoms with E-state index in [2.05, 4.69) is 45.0 Å². The van der Waals surface area contributed by atoms with E-state index in [1.54, 1.807) is 17.6 Å². The standard InChI is InChI=1S/C19H22N4OS/c1-2-20-19(21-11-10-16-9-6-12-24-16)22-13-18-23-17(14-25-18)15-7-4-3-5-8-15/h3-9,12,14H,2,10-11,13H2,1H3,(H2,20,21,22). The first-order chi connectivity index (χ1) is 12.3. The Morgan fingerprint density at radius 1 is 1.16 bits per heavy atom. The largest absolute Gasteiger partial charge is 0.469 e. The first-order valence-corrected chi connectivity index (χ1v) is 9.27. The molecular weight excluding hydrogens is 332 g/mol. The SMILES string of the molecule is CCNC(=NCc1nc(-c2ccccc2)cs1)NCCc1ccco1. The molecule has 0 spiro atoms. The fraction of sp³-hybridized carbons (Fsp3) is 0.263. The topological polar surface area (TPSA) is 62.5 Å². The van der Waals surface area contributed by atoms with Gasteiger partial charge in [0.15, 0.2) is 5.96 Å². The highest BCUT2D eigenvalue weighted by Gasteiger charge is 2.05. The van der Waals surface area contributed by atoms with E-state index in [0.717, 1.165) is 47.5 Å².